The number of hydrogen-bond donors (Lipinski definition) is 1. The molecule has 0 spiro atoms. The van der Waals surface area contributed by atoms with Crippen LogP contribution in [0.4, 0.5) is 13.2 Å². The van der Waals surface area contributed by atoms with Gasteiger partial charge in [0.15, 0.2) is 0 Å². The maximum Gasteiger partial charge on any atom is 0.406 e. The molecule has 2 atom stereocenters. The standard InChI is InChI=1S/C10H12F3NO3/c1-2-3-14(5-10(11,12)13)8(15)6-4-7(6)9(16)17/h2,6-7H,1,3-5H2,(H,16,17)/t6-,7-/m1/s1. The van der Waals surface area contributed by atoms with E-state index in [0.29, 0.717) is 4.90 Å². The predicted octanol–water partition coefficient (Wildman–Crippen LogP) is 1.28. The summed E-state index contributed by atoms with van der Waals surface area (Å²) in [6, 6.07) is 0. The molecule has 0 saturated heterocycles. The van der Waals surface area contributed by atoms with Gasteiger partial charge in [-0.1, -0.05) is 6.08 Å². The van der Waals surface area contributed by atoms with Crippen molar-refractivity contribution in [3.05, 3.63) is 12.7 Å². The van der Waals surface area contributed by atoms with E-state index in [4.69, 9.17) is 5.11 Å². The van der Waals surface area contributed by atoms with Crippen LogP contribution < -0.4 is 0 Å². The summed E-state index contributed by atoms with van der Waals surface area (Å²) in [5.41, 5.74) is 0. The fourth-order valence-corrected chi connectivity index (χ4v) is 1.58. The molecule has 96 valence electrons. The van der Waals surface area contributed by atoms with Gasteiger partial charge in [0.05, 0.1) is 11.8 Å². The molecule has 4 nitrogen and oxygen atoms in total. The van der Waals surface area contributed by atoms with E-state index in [-0.39, 0.29) is 13.0 Å². The molecule has 1 aliphatic rings. The Bertz CT molecular complexity index is 340. The highest BCUT2D eigenvalue weighted by Crippen LogP contribution is 2.40. The summed E-state index contributed by atoms with van der Waals surface area (Å²) < 4.78 is 36.6. The molecule has 17 heavy (non-hydrogen) atoms. The average Bonchev–Trinajstić information content (AvgIpc) is 2.93. The maximum absolute atomic E-state index is 12.2. The minimum atomic E-state index is -4.49. The Labute approximate surface area is 95.7 Å². The molecule has 0 heterocycles. The van der Waals surface area contributed by atoms with E-state index < -0.39 is 36.4 Å². The number of hydrogen-bond acceptors (Lipinski definition) is 2. The minimum absolute atomic E-state index is 0.111. The average molecular weight is 251 g/mol. The van der Waals surface area contributed by atoms with Crippen molar-refractivity contribution in [1.29, 1.82) is 0 Å². The lowest BCUT2D eigenvalue weighted by molar-refractivity contribution is -0.161. The van der Waals surface area contributed by atoms with Crippen molar-refractivity contribution in [2.45, 2.75) is 12.6 Å². The molecule has 1 fully saturated rings. The number of alkyl halides is 3. The van der Waals surface area contributed by atoms with Gasteiger partial charge in [-0.3, -0.25) is 9.59 Å². The first-order valence-electron chi connectivity index (χ1n) is 4.95. The number of nitrogens with zero attached hydrogens (tertiary/aromatic N) is 1. The number of carbonyl (C=O) groups excluding carboxylic acids is 1. The fraction of sp³-hybridized carbons (Fsp3) is 0.600. The zero-order chi connectivity index (χ0) is 13.2. The van der Waals surface area contributed by atoms with E-state index in [1.165, 1.54) is 6.08 Å². The zero-order valence-corrected chi connectivity index (χ0v) is 8.91. The number of rotatable bonds is 5. The Kier molecular flexibility index (Phi) is 3.79. The van der Waals surface area contributed by atoms with E-state index in [2.05, 4.69) is 6.58 Å². The maximum atomic E-state index is 12.2. The number of carbonyl (C=O) groups is 2. The molecule has 0 bridgehead atoms. The van der Waals surface area contributed by atoms with Gasteiger partial charge >= 0.3 is 12.1 Å². The molecule has 0 aromatic rings. The Hall–Kier alpha value is -1.53. The number of amides is 1. The van der Waals surface area contributed by atoms with Crippen LogP contribution >= 0.6 is 0 Å². The third-order valence-corrected chi connectivity index (χ3v) is 2.46. The first-order chi connectivity index (χ1) is 7.76. The summed E-state index contributed by atoms with van der Waals surface area (Å²) in [7, 11) is 0. The summed E-state index contributed by atoms with van der Waals surface area (Å²) in [6.45, 7) is 1.66. The molecule has 0 aromatic carbocycles. The third kappa shape index (κ3) is 3.76. The zero-order valence-electron chi connectivity index (χ0n) is 8.91. The molecule has 0 aliphatic heterocycles. The second kappa shape index (κ2) is 4.77. The van der Waals surface area contributed by atoms with Crippen LogP contribution in [0, 0.1) is 11.8 Å². The molecular weight excluding hydrogens is 239 g/mol. The van der Waals surface area contributed by atoms with Gasteiger partial charge in [0.1, 0.15) is 6.54 Å². The normalized spacial score (nSPS) is 23.0. The van der Waals surface area contributed by atoms with E-state index in [1.54, 1.807) is 0 Å². The summed E-state index contributed by atoms with van der Waals surface area (Å²) in [5, 5.41) is 8.60. The topological polar surface area (TPSA) is 57.6 Å². The van der Waals surface area contributed by atoms with Crippen molar-refractivity contribution in [2.24, 2.45) is 11.8 Å². The van der Waals surface area contributed by atoms with Crippen molar-refractivity contribution in [3.8, 4) is 0 Å². The number of halogens is 3. The van der Waals surface area contributed by atoms with Gasteiger partial charge in [-0.25, -0.2) is 0 Å². The van der Waals surface area contributed by atoms with Crippen LogP contribution in [0.3, 0.4) is 0 Å². The molecule has 1 N–H and O–H groups in total. The number of carboxylic acid groups (broad SMARTS) is 1. The molecule has 0 radical (unpaired) electrons. The van der Waals surface area contributed by atoms with Crippen molar-refractivity contribution < 1.29 is 27.9 Å². The van der Waals surface area contributed by atoms with Crippen LogP contribution in [0.1, 0.15) is 6.42 Å². The van der Waals surface area contributed by atoms with Crippen LogP contribution in [-0.2, 0) is 9.59 Å². The van der Waals surface area contributed by atoms with Crippen molar-refractivity contribution in [1.82, 2.24) is 4.90 Å². The van der Waals surface area contributed by atoms with Gasteiger partial charge in [-0.05, 0) is 6.42 Å². The molecule has 7 heteroatoms. The third-order valence-electron chi connectivity index (χ3n) is 2.46. The summed E-state index contributed by atoms with van der Waals surface area (Å²) in [6.07, 6.45) is -3.20. The summed E-state index contributed by atoms with van der Waals surface area (Å²) >= 11 is 0. The minimum Gasteiger partial charge on any atom is -0.481 e. The molecule has 1 amide bonds. The van der Waals surface area contributed by atoms with Crippen LogP contribution in [0.2, 0.25) is 0 Å². The first kappa shape index (κ1) is 13.5. The number of carboxylic acids is 1. The van der Waals surface area contributed by atoms with Gasteiger partial charge < -0.3 is 10.0 Å². The number of aliphatic carboxylic acids is 1. The highest BCUT2D eigenvalue weighted by atomic mass is 19.4. The lowest BCUT2D eigenvalue weighted by atomic mass is 10.2. The highest BCUT2D eigenvalue weighted by molar-refractivity contribution is 5.89. The lowest BCUT2D eigenvalue weighted by Crippen LogP contribution is -2.40. The molecule has 1 rings (SSSR count). The van der Waals surface area contributed by atoms with Crippen molar-refractivity contribution >= 4 is 11.9 Å². The monoisotopic (exact) mass is 251 g/mol. The largest absolute Gasteiger partial charge is 0.481 e. The molecular formula is C10H12F3NO3. The Morgan fingerprint density at radius 2 is 2.00 bits per heavy atom. The van der Waals surface area contributed by atoms with Crippen molar-refractivity contribution in [2.75, 3.05) is 13.1 Å². The van der Waals surface area contributed by atoms with E-state index >= 15 is 0 Å². The molecule has 1 saturated carbocycles. The highest BCUT2D eigenvalue weighted by Gasteiger charge is 2.50. The van der Waals surface area contributed by atoms with Crippen LogP contribution in [-0.4, -0.2) is 41.1 Å². The Morgan fingerprint density at radius 3 is 2.35 bits per heavy atom. The predicted molar refractivity (Wildman–Crippen MR) is 52.1 cm³/mol. The van der Waals surface area contributed by atoms with Gasteiger partial charge in [0.2, 0.25) is 5.91 Å². The molecule has 0 aromatic heterocycles. The Morgan fingerprint density at radius 1 is 1.41 bits per heavy atom. The van der Waals surface area contributed by atoms with Crippen LogP contribution in [0.25, 0.3) is 0 Å². The van der Waals surface area contributed by atoms with Gasteiger partial charge in [0, 0.05) is 6.54 Å². The summed E-state index contributed by atoms with van der Waals surface area (Å²) in [4.78, 5) is 22.7. The molecule has 1 aliphatic carbocycles. The second-order valence-electron chi connectivity index (χ2n) is 3.91. The smallest absolute Gasteiger partial charge is 0.406 e. The molecule has 0 unspecified atom stereocenters. The first-order valence-corrected chi connectivity index (χ1v) is 4.95. The van der Waals surface area contributed by atoms with Gasteiger partial charge in [0.25, 0.3) is 0 Å². The second-order valence-corrected chi connectivity index (χ2v) is 3.91. The van der Waals surface area contributed by atoms with Crippen LogP contribution in [0.5, 0.6) is 0 Å². The fourth-order valence-electron chi connectivity index (χ4n) is 1.58. The van der Waals surface area contributed by atoms with Gasteiger partial charge in [-0.15, -0.1) is 6.58 Å². The quantitative estimate of drug-likeness (QED) is 0.749. The van der Waals surface area contributed by atoms with Crippen LogP contribution in [0.15, 0.2) is 12.7 Å². The van der Waals surface area contributed by atoms with E-state index in [1.807, 2.05) is 0 Å². The Balaban J connectivity index is 2.62. The lowest BCUT2D eigenvalue weighted by Gasteiger charge is -2.22. The van der Waals surface area contributed by atoms with Gasteiger partial charge in [-0.2, -0.15) is 13.2 Å². The summed E-state index contributed by atoms with van der Waals surface area (Å²) in [5.74, 6) is -3.58. The van der Waals surface area contributed by atoms with E-state index in [9.17, 15) is 22.8 Å². The van der Waals surface area contributed by atoms with Crippen molar-refractivity contribution in [3.63, 3.8) is 0 Å². The van der Waals surface area contributed by atoms with E-state index in [0.717, 1.165) is 0 Å². The SMILES string of the molecule is C=CCN(CC(F)(F)F)C(=O)[C@@H]1C[C@H]1C(=O)O.